The molecule has 10 heteroatoms. The number of hydrogen-bond acceptors (Lipinski definition) is 8. The fraction of sp³-hybridized carbons (Fsp3) is 0.480. The van der Waals surface area contributed by atoms with E-state index in [-0.39, 0.29) is 10.9 Å². The quantitative estimate of drug-likeness (QED) is 0.431. The lowest BCUT2D eigenvalue weighted by Gasteiger charge is -2.33. The van der Waals surface area contributed by atoms with E-state index in [4.69, 9.17) is 19.0 Å². The van der Waals surface area contributed by atoms with Crippen LogP contribution in [0.15, 0.2) is 45.7 Å². The summed E-state index contributed by atoms with van der Waals surface area (Å²) >= 11 is 0. The number of nitrogens with two attached hydrogens (primary N) is 1. The lowest BCUT2D eigenvalue weighted by atomic mass is 10.0. The number of anilines is 1. The molecule has 0 spiro atoms. The van der Waals surface area contributed by atoms with Gasteiger partial charge in [0.2, 0.25) is 10.0 Å². The first-order valence-corrected chi connectivity index (χ1v) is 13.6. The van der Waals surface area contributed by atoms with E-state index in [1.54, 1.807) is 6.07 Å². The summed E-state index contributed by atoms with van der Waals surface area (Å²) in [6.45, 7) is 9.70. The molecule has 1 aliphatic rings. The number of sulfonamides is 1. The Balaban J connectivity index is 1.69. The zero-order valence-electron chi connectivity index (χ0n) is 20.5. The highest BCUT2D eigenvalue weighted by Crippen LogP contribution is 2.31. The third-order valence-electron chi connectivity index (χ3n) is 5.86. The number of rotatable bonds is 10. The number of aromatic nitrogens is 1. The average Bonchev–Trinajstić information content (AvgIpc) is 3.24. The van der Waals surface area contributed by atoms with Crippen molar-refractivity contribution in [2.75, 3.05) is 31.2 Å². The molecule has 9 nitrogen and oxygen atoms in total. The highest BCUT2D eigenvalue weighted by Gasteiger charge is 2.26. The number of ether oxygens (including phenoxy) is 2. The Morgan fingerprint density at radius 3 is 2.51 bits per heavy atom. The van der Waals surface area contributed by atoms with E-state index in [9.17, 15) is 8.42 Å². The van der Waals surface area contributed by atoms with Gasteiger partial charge in [0.15, 0.2) is 5.58 Å². The molecule has 1 aromatic heterocycles. The Hall–Kier alpha value is -2.82. The molecule has 2 aromatic carbocycles. The molecule has 0 amide bonds. The van der Waals surface area contributed by atoms with E-state index >= 15 is 0 Å². The topological polar surface area (TPSA) is 120 Å². The first-order chi connectivity index (χ1) is 16.7. The Labute approximate surface area is 206 Å². The van der Waals surface area contributed by atoms with Gasteiger partial charge in [-0.2, -0.15) is 4.98 Å². The zero-order chi connectivity index (χ0) is 25.0. The minimum absolute atomic E-state index is 0.00891. The second-order valence-corrected chi connectivity index (χ2v) is 10.8. The molecule has 3 N–H and O–H groups in total. The Kier molecular flexibility index (Phi) is 7.83. The predicted molar refractivity (Wildman–Crippen MR) is 135 cm³/mol. The zero-order valence-corrected chi connectivity index (χ0v) is 21.3. The molecule has 1 fully saturated rings. The summed E-state index contributed by atoms with van der Waals surface area (Å²) in [5.41, 5.74) is 1.98. The van der Waals surface area contributed by atoms with Gasteiger partial charge < -0.3 is 24.1 Å². The summed E-state index contributed by atoms with van der Waals surface area (Å²) in [7, 11) is -3.83. The van der Waals surface area contributed by atoms with Crippen molar-refractivity contribution in [3.05, 3.63) is 42.0 Å². The molecular formula is C25H34N4O5S. The van der Waals surface area contributed by atoms with Gasteiger partial charge in [-0.15, -0.1) is 0 Å². The second-order valence-electron chi connectivity index (χ2n) is 9.23. The summed E-state index contributed by atoms with van der Waals surface area (Å²) in [4.78, 5) is 6.81. The number of primary sulfonamides is 1. The highest BCUT2D eigenvalue weighted by atomic mass is 32.2. The first-order valence-electron chi connectivity index (χ1n) is 12.0. The summed E-state index contributed by atoms with van der Waals surface area (Å²) in [5.74, 6) is 1.92. The molecule has 0 radical (unpaired) electrons. The van der Waals surface area contributed by atoms with E-state index in [0.717, 1.165) is 43.0 Å². The predicted octanol–water partition coefficient (Wildman–Crippen LogP) is 3.67. The standard InChI is InChI=1S/C25H34N4O5S/c1-4-32-20-11-18(12-21(13-20)33-16-17(2)3)15-29(19-7-9-27-10-8-19)25-28-23-14-22(35(26,30)31)5-6-24(23)34-25/h5-6,11-14,17,19,27H,4,7-10,15-16H2,1-3H3,(H2,26,30,31). The number of fused-ring (bicyclic) bond motifs is 1. The molecule has 190 valence electrons. The highest BCUT2D eigenvalue weighted by molar-refractivity contribution is 7.89. The minimum Gasteiger partial charge on any atom is -0.494 e. The van der Waals surface area contributed by atoms with Gasteiger partial charge in [0.25, 0.3) is 6.01 Å². The van der Waals surface area contributed by atoms with Crippen LogP contribution >= 0.6 is 0 Å². The van der Waals surface area contributed by atoms with Gasteiger partial charge in [-0.05, 0) is 74.7 Å². The van der Waals surface area contributed by atoms with Crippen LogP contribution in [-0.2, 0) is 16.6 Å². The van der Waals surface area contributed by atoms with Gasteiger partial charge in [0.05, 0.1) is 18.1 Å². The van der Waals surface area contributed by atoms with Crippen molar-refractivity contribution >= 4 is 27.1 Å². The van der Waals surface area contributed by atoms with E-state index < -0.39 is 10.0 Å². The molecule has 35 heavy (non-hydrogen) atoms. The molecule has 3 aromatic rings. The summed E-state index contributed by atoms with van der Waals surface area (Å²) < 4.78 is 41.5. The van der Waals surface area contributed by atoms with Gasteiger partial charge in [-0.25, -0.2) is 13.6 Å². The fourth-order valence-corrected chi connectivity index (χ4v) is 4.71. The third-order valence-corrected chi connectivity index (χ3v) is 6.77. The molecule has 0 unspecified atom stereocenters. The van der Waals surface area contributed by atoms with Crippen LogP contribution in [0, 0.1) is 5.92 Å². The van der Waals surface area contributed by atoms with E-state index in [1.165, 1.54) is 12.1 Å². The smallest absolute Gasteiger partial charge is 0.298 e. The normalized spacial score (nSPS) is 15.0. The number of oxazole rings is 1. The largest absolute Gasteiger partial charge is 0.494 e. The minimum atomic E-state index is -3.83. The monoisotopic (exact) mass is 502 g/mol. The van der Waals surface area contributed by atoms with Gasteiger partial charge in [0.1, 0.15) is 17.0 Å². The van der Waals surface area contributed by atoms with Crippen LogP contribution in [0.3, 0.4) is 0 Å². The maximum absolute atomic E-state index is 11.8. The van der Waals surface area contributed by atoms with Gasteiger partial charge in [-0.3, -0.25) is 0 Å². The van der Waals surface area contributed by atoms with Crippen LogP contribution in [0.2, 0.25) is 0 Å². The van der Waals surface area contributed by atoms with Crippen LogP contribution in [0.4, 0.5) is 6.01 Å². The maximum atomic E-state index is 11.8. The molecule has 1 aliphatic heterocycles. The maximum Gasteiger partial charge on any atom is 0.298 e. The Morgan fingerprint density at radius 2 is 1.86 bits per heavy atom. The molecular weight excluding hydrogens is 468 g/mol. The van der Waals surface area contributed by atoms with Crippen molar-refractivity contribution in [3.63, 3.8) is 0 Å². The fourth-order valence-electron chi connectivity index (χ4n) is 4.18. The van der Waals surface area contributed by atoms with Gasteiger partial charge in [0, 0.05) is 18.7 Å². The molecule has 0 bridgehead atoms. The van der Waals surface area contributed by atoms with Gasteiger partial charge in [-0.1, -0.05) is 13.8 Å². The van der Waals surface area contributed by atoms with Crippen molar-refractivity contribution in [3.8, 4) is 11.5 Å². The average molecular weight is 503 g/mol. The van der Waals surface area contributed by atoms with E-state index in [2.05, 4.69) is 29.0 Å². The molecule has 4 rings (SSSR count). The molecule has 0 atom stereocenters. The second kappa shape index (κ2) is 10.8. The lowest BCUT2D eigenvalue weighted by molar-refractivity contribution is 0.268. The van der Waals surface area contributed by atoms with E-state index in [0.29, 0.717) is 42.8 Å². The van der Waals surface area contributed by atoms with Crippen molar-refractivity contribution in [2.24, 2.45) is 11.1 Å². The van der Waals surface area contributed by atoms with Crippen molar-refractivity contribution < 1.29 is 22.3 Å². The summed E-state index contributed by atoms with van der Waals surface area (Å²) in [6, 6.07) is 11.1. The van der Waals surface area contributed by atoms with Crippen LogP contribution in [0.1, 0.15) is 39.2 Å². The third kappa shape index (κ3) is 6.45. The van der Waals surface area contributed by atoms with Crippen molar-refractivity contribution in [1.29, 1.82) is 0 Å². The Bertz CT molecular complexity index is 1250. The summed E-state index contributed by atoms with van der Waals surface area (Å²) in [5, 5.41) is 8.70. The lowest BCUT2D eigenvalue weighted by Crippen LogP contribution is -2.43. The number of hydrogen-bond donors (Lipinski definition) is 2. The Morgan fingerprint density at radius 1 is 1.14 bits per heavy atom. The van der Waals surface area contributed by atoms with Crippen LogP contribution in [0.25, 0.3) is 11.1 Å². The van der Waals surface area contributed by atoms with Crippen LogP contribution in [-0.4, -0.2) is 45.7 Å². The van der Waals surface area contributed by atoms with Gasteiger partial charge >= 0.3 is 0 Å². The molecule has 2 heterocycles. The summed E-state index contributed by atoms with van der Waals surface area (Å²) in [6.07, 6.45) is 1.87. The molecule has 0 saturated carbocycles. The number of piperidine rings is 1. The number of benzene rings is 2. The van der Waals surface area contributed by atoms with Crippen molar-refractivity contribution in [1.82, 2.24) is 10.3 Å². The van der Waals surface area contributed by atoms with Crippen molar-refractivity contribution in [2.45, 2.75) is 51.1 Å². The van der Waals surface area contributed by atoms with E-state index in [1.807, 2.05) is 25.1 Å². The first kappa shape index (κ1) is 25.3. The molecule has 0 aliphatic carbocycles. The van der Waals surface area contributed by atoms with Crippen LogP contribution < -0.4 is 24.8 Å². The number of nitrogens with one attached hydrogen (secondary N) is 1. The molecule has 1 saturated heterocycles. The van der Waals surface area contributed by atoms with Crippen LogP contribution in [0.5, 0.6) is 11.5 Å². The SMILES string of the molecule is CCOc1cc(CN(c2nc3cc(S(N)(=O)=O)ccc3o2)C2CCNCC2)cc(OCC(C)C)c1. The number of nitrogens with zero attached hydrogens (tertiary/aromatic N) is 2.